The quantitative estimate of drug-likeness (QED) is 0.468. The van der Waals surface area contributed by atoms with Crippen LogP contribution in [0.5, 0.6) is 0 Å². The van der Waals surface area contributed by atoms with Gasteiger partial charge < -0.3 is 4.74 Å². The van der Waals surface area contributed by atoms with E-state index in [-0.39, 0.29) is 0 Å². The predicted molar refractivity (Wildman–Crippen MR) is 43.1 cm³/mol. The summed E-state index contributed by atoms with van der Waals surface area (Å²) >= 11 is 0. The van der Waals surface area contributed by atoms with Gasteiger partial charge in [0, 0.05) is 5.57 Å². The summed E-state index contributed by atoms with van der Waals surface area (Å²) in [4.78, 5) is 10.9. The molecule has 1 radical (unpaired) electrons. The van der Waals surface area contributed by atoms with Gasteiger partial charge in [-0.05, 0) is 26.2 Å². The third-order valence-electron chi connectivity index (χ3n) is 1.81. The Bertz CT molecular complexity index is 201. The van der Waals surface area contributed by atoms with Crippen LogP contribution < -0.4 is 0 Å². The Labute approximate surface area is 71.4 Å². The van der Waals surface area contributed by atoms with E-state index in [2.05, 4.69) is 6.58 Å². The number of rotatable bonds is 2. The molecule has 0 aromatic carbocycles. The second kappa shape index (κ2) is 3.70. The fraction of sp³-hybridized carbons (Fsp3) is 0.556. The number of halogens is 1. The molecule has 0 heterocycles. The third-order valence-corrected chi connectivity index (χ3v) is 1.81. The van der Waals surface area contributed by atoms with Crippen LogP contribution >= 0.6 is 0 Å². The lowest BCUT2D eigenvalue weighted by Crippen LogP contribution is -2.23. The van der Waals surface area contributed by atoms with Crippen LogP contribution in [0.3, 0.4) is 0 Å². The van der Waals surface area contributed by atoms with Gasteiger partial charge in [-0.15, -0.1) is 0 Å². The summed E-state index contributed by atoms with van der Waals surface area (Å²) < 4.78 is 17.7. The van der Waals surface area contributed by atoms with Crippen molar-refractivity contribution in [3.05, 3.63) is 18.6 Å². The van der Waals surface area contributed by atoms with Crippen LogP contribution in [0.4, 0.5) is 4.39 Å². The predicted octanol–water partition coefficient (Wildman–Crippen LogP) is 1.81. The van der Waals surface area contributed by atoms with Gasteiger partial charge in [0.25, 0.3) is 0 Å². The monoisotopic (exact) mass is 171 g/mol. The van der Waals surface area contributed by atoms with Crippen LogP contribution in [-0.2, 0) is 9.53 Å². The van der Waals surface area contributed by atoms with Gasteiger partial charge in [0.1, 0.15) is 12.3 Å². The molecule has 1 rings (SSSR count). The molecule has 1 aliphatic carbocycles. The first-order valence-electron chi connectivity index (χ1n) is 3.95. The average Bonchev–Trinajstić information content (AvgIpc) is 2.36. The number of esters is 1. The topological polar surface area (TPSA) is 26.3 Å². The number of ether oxygens (including phenoxy) is 1. The van der Waals surface area contributed by atoms with Gasteiger partial charge in [-0.1, -0.05) is 6.58 Å². The standard InChI is InChI=1S/C9H12FO2/c1-6(2)9(11)12-8-5-3-4-7(8)10/h4,7-8H,1,3,5H2,2H3. The van der Waals surface area contributed by atoms with Crippen LogP contribution in [-0.4, -0.2) is 18.2 Å². The molecule has 0 spiro atoms. The molecule has 2 nitrogen and oxygen atoms in total. The van der Waals surface area contributed by atoms with E-state index < -0.39 is 18.2 Å². The molecule has 0 N–H and O–H groups in total. The van der Waals surface area contributed by atoms with Crippen LogP contribution in [0, 0.1) is 6.42 Å². The number of alkyl halides is 1. The van der Waals surface area contributed by atoms with Gasteiger partial charge in [0.2, 0.25) is 0 Å². The summed E-state index contributed by atoms with van der Waals surface area (Å²) in [6.07, 6.45) is 1.09. The zero-order valence-corrected chi connectivity index (χ0v) is 7.05. The molecule has 67 valence electrons. The van der Waals surface area contributed by atoms with Crippen molar-refractivity contribution >= 4 is 5.97 Å². The molecule has 0 aromatic heterocycles. The molecule has 0 saturated heterocycles. The Morgan fingerprint density at radius 3 is 2.83 bits per heavy atom. The van der Waals surface area contributed by atoms with Crippen molar-refractivity contribution < 1.29 is 13.9 Å². The molecular formula is C9H12FO2. The third kappa shape index (κ3) is 2.06. The Balaban J connectivity index is 2.40. The van der Waals surface area contributed by atoms with E-state index in [4.69, 9.17) is 4.74 Å². The fourth-order valence-electron chi connectivity index (χ4n) is 1.09. The molecule has 0 aliphatic heterocycles. The van der Waals surface area contributed by atoms with Gasteiger partial charge in [-0.2, -0.15) is 0 Å². The summed E-state index contributed by atoms with van der Waals surface area (Å²) in [6.45, 7) is 4.96. The van der Waals surface area contributed by atoms with E-state index in [1.165, 1.54) is 6.42 Å². The molecule has 0 aromatic rings. The van der Waals surface area contributed by atoms with E-state index >= 15 is 0 Å². The first-order valence-corrected chi connectivity index (χ1v) is 3.95. The second-order valence-electron chi connectivity index (χ2n) is 2.98. The zero-order chi connectivity index (χ0) is 9.14. The van der Waals surface area contributed by atoms with Crippen molar-refractivity contribution in [2.24, 2.45) is 0 Å². The minimum Gasteiger partial charge on any atom is -0.456 e. The highest BCUT2D eigenvalue weighted by Gasteiger charge is 2.30. The van der Waals surface area contributed by atoms with Crippen molar-refractivity contribution in [2.75, 3.05) is 0 Å². The lowest BCUT2D eigenvalue weighted by atomic mass is 10.3. The fourth-order valence-corrected chi connectivity index (χ4v) is 1.09. The first-order chi connectivity index (χ1) is 5.61. The molecular weight excluding hydrogens is 159 g/mol. The maximum atomic E-state index is 12.8. The number of hydrogen-bond donors (Lipinski definition) is 0. The normalized spacial score (nSPS) is 28.5. The van der Waals surface area contributed by atoms with Crippen LogP contribution in [0.15, 0.2) is 12.2 Å². The van der Waals surface area contributed by atoms with E-state index in [0.29, 0.717) is 18.4 Å². The average molecular weight is 171 g/mol. The summed E-state index contributed by atoms with van der Waals surface area (Å²) in [7, 11) is 0. The van der Waals surface area contributed by atoms with Crippen LogP contribution in [0.1, 0.15) is 19.8 Å². The highest BCUT2D eigenvalue weighted by molar-refractivity contribution is 5.87. The molecule has 1 fully saturated rings. The highest BCUT2D eigenvalue weighted by atomic mass is 19.1. The van der Waals surface area contributed by atoms with E-state index in [1.807, 2.05) is 0 Å². The maximum absolute atomic E-state index is 12.8. The minimum atomic E-state index is -1.10. The number of carbonyl (C=O) groups is 1. The molecule has 12 heavy (non-hydrogen) atoms. The van der Waals surface area contributed by atoms with Crippen molar-refractivity contribution in [1.82, 2.24) is 0 Å². The van der Waals surface area contributed by atoms with Gasteiger partial charge >= 0.3 is 5.97 Å². The summed E-state index contributed by atoms with van der Waals surface area (Å²) in [5.74, 6) is -0.502. The number of carbonyl (C=O) groups excluding carboxylic acids is 1. The molecule has 1 saturated carbocycles. The highest BCUT2D eigenvalue weighted by Crippen LogP contribution is 2.24. The van der Waals surface area contributed by atoms with Crippen molar-refractivity contribution in [3.63, 3.8) is 0 Å². The van der Waals surface area contributed by atoms with E-state index in [0.717, 1.165) is 0 Å². The molecule has 2 atom stereocenters. The Hall–Kier alpha value is -0.860. The minimum absolute atomic E-state index is 0.314. The lowest BCUT2D eigenvalue weighted by Gasteiger charge is -2.13. The SMILES string of the molecule is C=C(C)C(=O)OC1CC[CH]C1F. The van der Waals surface area contributed by atoms with Gasteiger partial charge in [-0.25, -0.2) is 9.18 Å². The van der Waals surface area contributed by atoms with Gasteiger partial charge in [0.05, 0.1) is 0 Å². The van der Waals surface area contributed by atoms with Crippen LogP contribution in [0.25, 0.3) is 0 Å². The number of hydrogen-bond acceptors (Lipinski definition) is 2. The molecule has 0 amide bonds. The summed E-state index contributed by atoms with van der Waals surface area (Å²) in [5, 5.41) is 0. The summed E-state index contributed by atoms with van der Waals surface area (Å²) in [5.41, 5.74) is 0.314. The molecule has 3 heteroatoms. The van der Waals surface area contributed by atoms with Gasteiger partial charge in [-0.3, -0.25) is 0 Å². The lowest BCUT2D eigenvalue weighted by molar-refractivity contribution is -0.146. The van der Waals surface area contributed by atoms with E-state index in [1.54, 1.807) is 6.92 Å². The Morgan fingerprint density at radius 1 is 1.75 bits per heavy atom. The molecule has 0 bridgehead atoms. The Kier molecular flexibility index (Phi) is 2.84. The maximum Gasteiger partial charge on any atom is 0.333 e. The van der Waals surface area contributed by atoms with Crippen molar-refractivity contribution in [1.29, 1.82) is 0 Å². The first kappa shape index (κ1) is 9.23. The Morgan fingerprint density at radius 2 is 2.42 bits per heavy atom. The van der Waals surface area contributed by atoms with Crippen LogP contribution in [0.2, 0.25) is 0 Å². The van der Waals surface area contributed by atoms with Gasteiger partial charge in [0.15, 0.2) is 0 Å². The molecule has 2 unspecified atom stereocenters. The van der Waals surface area contributed by atoms with E-state index in [9.17, 15) is 9.18 Å². The second-order valence-corrected chi connectivity index (χ2v) is 2.98. The van der Waals surface area contributed by atoms with Crippen molar-refractivity contribution in [2.45, 2.75) is 32.0 Å². The molecule has 1 aliphatic rings. The summed E-state index contributed by atoms with van der Waals surface area (Å²) in [6, 6.07) is 0. The van der Waals surface area contributed by atoms with Crippen molar-refractivity contribution in [3.8, 4) is 0 Å². The largest absolute Gasteiger partial charge is 0.456 e. The smallest absolute Gasteiger partial charge is 0.333 e. The zero-order valence-electron chi connectivity index (χ0n) is 7.05.